The highest BCUT2D eigenvalue weighted by Gasteiger charge is 2.37. The average Bonchev–Trinajstić information content (AvgIpc) is 2.75. The van der Waals surface area contributed by atoms with Crippen LogP contribution in [0.4, 0.5) is 11.4 Å². The Morgan fingerprint density at radius 2 is 1.88 bits per heavy atom. The van der Waals surface area contributed by atoms with Crippen molar-refractivity contribution in [2.75, 3.05) is 16.3 Å². The molecule has 0 bridgehead atoms. The predicted molar refractivity (Wildman–Crippen MR) is 144 cm³/mol. The van der Waals surface area contributed by atoms with Crippen molar-refractivity contribution in [3.05, 3.63) is 63.7 Å². The van der Waals surface area contributed by atoms with Crippen LogP contribution in [0.1, 0.15) is 63.1 Å². The van der Waals surface area contributed by atoms with Crippen molar-refractivity contribution >= 4 is 58.2 Å². The summed E-state index contributed by atoms with van der Waals surface area (Å²) in [5.41, 5.74) is 4.65. The zero-order valence-corrected chi connectivity index (χ0v) is 21.8. The fraction of sp³-hybridized carbons (Fsp3) is 0.370. The lowest BCUT2D eigenvalue weighted by Gasteiger charge is -2.47. The largest absolute Gasteiger partial charge is 0.366 e. The van der Waals surface area contributed by atoms with E-state index in [1.54, 1.807) is 6.08 Å². The van der Waals surface area contributed by atoms with Crippen LogP contribution < -0.4 is 15.1 Å². The number of fused-ring (bicyclic) bond motifs is 1. The van der Waals surface area contributed by atoms with E-state index in [9.17, 15) is 9.59 Å². The molecule has 0 aromatic heterocycles. The van der Waals surface area contributed by atoms with Crippen molar-refractivity contribution in [1.82, 2.24) is 5.32 Å². The molecular weight excluding hydrogens is 466 g/mol. The number of carbonyl (C=O) groups is 2. The molecule has 34 heavy (non-hydrogen) atoms. The number of hydrogen-bond acceptors (Lipinski definition) is 4. The zero-order chi connectivity index (χ0) is 24.8. The highest BCUT2D eigenvalue weighted by molar-refractivity contribution is 7.80. The molecule has 2 aliphatic rings. The molecule has 2 amide bonds. The van der Waals surface area contributed by atoms with Crippen molar-refractivity contribution in [1.29, 1.82) is 0 Å². The smallest absolute Gasteiger partial charge is 0.270 e. The van der Waals surface area contributed by atoms with Gasteiger partial charge in [-0.05, 0) is 93.2 Å². The van der Waals surface area contributed by atoms with Gasteiger partial charge in [0.15, 0.2) is 5.11 Å². The Balaban J connectivity index is 1.77. The number of halogens is 1. The number of nitrogens with zero attached hydrogens (tertiary/aromatic N) is 2. The van der Waals surface area contributed by atoms with Crippen LogP contribution in [0.5, 0.6) is 0 Å². The Bertz CT molecular complexity index is 1200. The monoisotopic (exact) mass is 495 g/mol. The quantitative estimate of drug-likeness (QED) is 0.322. The van der Waals surface area contributed by atoms with Crippen LogP contribution in [-0.2, 0) is 9.59 Å². The fourth-order valence-corrected chi connectivity index (χ4v) is 5.51. The summed E-state index contributed by atoms with van der Waals surface area (Å²) in [6, 6.07) is 11.4. The standard InChI is InChI=1S/C27H30ClN3O2S/c1-6-11-30-23-14-22(28)18(12-20(23)17(3)15-27(30,4)5)13-21-24(32)29-26(34)31(25(21)33)19-9-7-16(2)8-10-19/h7-10,12-14,17H,6,11,15H2,1-5H3,(H,29,32,34)/b21-13-. The van der Waals surface area contributed by atoms with Crippen molar-refractivity contribution in [2.45, 2.75) is 58.9 Å². The van der Waals surface area contributed by atoms with E-state index in [1.807, 2.05) is 43.3 Å². The molecule has 1 saturated heterocycles. The summed E-state index contributed by atoms with van der Waals surface area (Å²) in [5, 5.41) is 3.22. The zero-order valence-electron chi connectivity index (χ0n) is 20.2. The lowest BCUT2D eigenvalue weighted by atomic mass is 9.79. The minimum Gasteiger partial charge on any atom is -0.366 e. The minimum absolute atomic E-state index is 0.00484. The van der Waals surface area contributed by atoms with Crippen LogP contribution in [0.3, 0.4) is 0 Å². The highest BCUT2D eigenvalue weighted by Crippen LogP contribution is 2.45. The molecule has 2 heterocycles. The van der Waals surface area contributed by atoms with E-state index in [-0.39, 0.29) is 16.2 Å². The number of benzene rings is 2. The normalized spacial score (nSPS) is 21.1. The second kappa shape index (κ2) is 9.16. The summed E-state index contributed by atoms with van der Waals surface area (Å²) >= 11 is 12.0. The van der Waals surface area contributed by atoms with Gasteiger partial charge in [0, 0.05) is 22.8 Å². The Morgan fingerprint density at radius 1 is 1.21 bits per heavy atom. The first-order chi connectivity index (χ1) is 16.0. The lowest BCUT2D eigenvalue weighted by Crippen LogP contribution is -2.54. The SMILES string of the molecule is CCCN1c2cc(Cl)c(/C=C3/C(=O)NC(=S)N(c4ccc(C)cc4)C3=O)cc2C(C)CC1(C)C. The molecule has 2 aliphatic heterocycles. The average molecular weight is 496 g/mol. The second-order valence-corrected chi connectivity index (χ2v) is 10.6. The minimum atomic E-state index is -0.519. The first-order valence-corrected chi connectivity index (χ1v) is 12.4. The van der Waals surface area contributed by atoms with Gasteiger partial charge >= 0.3 is 0 Å². The maximum absolute atomic E-state index is 13.4. The van der Waals surface area contributed by atoms with Crippen LogP contribution in [-0.4, -0.2) is 29.0 Å². The van der Waals surface area contributed by atoms with Gasteiger partial charge in [0.1, 0.15) is 5.57 Å². The number of nitrogens with one attached hydrogen (secondary N) is 1. The Labute approximate surface area is 211 Å². The molecule has 4 rings (SSSR count). The summed E-state index contributed by atoms with van der Waals surface area (Å²) in [5.74, 6) is -0.665. The maximum Gasteiger partial charge on any atom is 0.270 e. The molecule has 2 aromatic carbocycles. The van der Waals surface area contributed by atoms with Gasteiger partial charge in [0.2, 0.25) is 0 Å². The molecule has 7 heteroatoms. The number of thiocarbonyl (C=S) groups is 1. The van der Waals surface area contributed by atoms with Gasteiger partial charge in [-0.2, -0.15) is 0 Å². The van der Waals surface area contributed by atoms with E-state index in [1.165, 1.54) is 10.5 Å². The third-order valence-electron chi connectivity index (χ3n) is 6.65. The second-order valence-electron chi connectivity index (χ2n) is 9.80. The molecular formula is C27H30ClN3O2S. The lowest BCUT2D eigenvalue weighted by molar-refractivity contribution is -0.122. The summed E-state index contributed by atoms with van der Waals surface area (Å²) in [6.45, 7) is 11.8. The molecule has 0 radical (unpaired) electrons. The summed E-state index contributed by atoms with van der Waals surface area (Å²) in [4.78, 5) is 29.9. The van der Waals surface area contributed by atoms with Crippen molar-refractivity contribution in [3.63, 3.8) is 0 Å². The van der Waals surface area contributed by atoms with Crippen LogP contribution in [0.2, 0.25) is 5.02 Å². The summed E-state index contributed by atoms with van der Waals surface area (Å²) in [6.07, 6.45) is 3.62. The first-order valence-electron chi connectivity index (χ1n) is 11.6. The van der Waals surface area contributed by atoms with Gasteiger partial charge in [-0.1, -0.05) is 43.1 Å². The first kappa shape index (κ1) is 24.4. The van der Waals surface area contributed by atoms with Crippen LogP contribution >= 0.6 is 23.8 Å². The number of rotatable bonds is 4. The Morgan fingerprint density at radius 3 is 2.53 bits per heavy atom. The topological polar surface area (TPSA) is 52.7 Å². The molecule has 5 nitrogen and oxygen atoms in total. The van der Waals surface area contributed by atoms with Gasteiger partial charge in [-0.3, -0.25) is 19.8 Å². The van der Waals surface area contributed by atoms with Gasteiger partial charge in [0.25, 0.3) is 11.8 Å². The summed E-state index contributed by atoms with van der Waals surface area (Å²) < 4.78 is 0. The summed E-state index contributed by atoms with van der Waals surface area (Å²) in [7, 11) is 0. The van der Waals surface area contributed by atoms with E-state index in [0.717, 1.165) is 30.6 Å². The number of hydrogen-bond donors (Lipinski definition) is 1. The van der Waals surface area contributed by atoms with E-state index in [4.69, 9.17) is 23.8 Å². The number of carbonyl (C=O) groups excluding carboxylic acids is 2. The Hall–Kier alpha value is -2.70. The van der Waals surface area contributed by atoms with E-state index >= 15 is 0 Å². The molecule has 1 unspecified atom stereocenters. The van der Waals surface area contributed by atoms with E-state index < -0.39 is 11.8 Å². The van der Waals surface area contributed by atoms with Crippen LogP contribution in [0.15, 0.2) is 42.0 Å². The number of amides is 2. The van der Waals surface area contributed by atoms with Gasteiger partial charge in [0.05, 0.1) is 5.69 Å². The van der Waals surface area contributed by atoms with Crippen molar-refractivity contribution in [2.24, 2.45) is 0 Å². The van der Waals surface area contributed by atoms with Crippen molar-refractivity contribution in [3.8, 4) is 0 Å². The van der Waals surface area contributed by atoms with Crippen molar-refractivity contribution < 1.29 is 9.59 Å². The van der Waals surface area contributed by atoms with Gasteiger partial charge in [-0.15, -0.1) is 0 Å². The predicted octanol–water partition coefficient (Wildman–Crippen LogP) is 5.98. The third kappa shape index (κ3) is 4.37. The number of aryl methyl sites for hydroxylation is 1. The number of anilines is 2. The van der Waals surface area contributed by atoms with Crippen LogP contribution in [0, 0.1) is 6.92 Å². The third-order valence-corrected chi connectivity index (χ3v) is 7.26. The maximum atomic E-state index is 13.4. The fourth-order valence-electron chi connectivity index (χ4n) is 5.02. The molecule has 0 saturated carbocycles. The van der Waals surface area contributed by atoms with E-state index in [2.05, 4.69) is 37.9 Å². The Kier molecular flexibility index (Phi) is 6.58. The molecule has 0 spiro atoms. The molecule has 1 N–H and O–H groups in total. The molecule has 178 valence electrons. The molecule has 1 fully saturated rings. The molecule has 2 aromatic rings. The highest BCUT2D eigenvalue weighted by atomic mass is 35.5. The van der Waals surface area contributed by atoms with Gasteiger partial charge in [-0.25, -0.2) is 0 Å². The molecule has 0 aliphatic carbocycles. The van der Waals surface area contributed by atoms with Gasteiger partial charge < -0.3 is 4.90 Å². The van der Waals surface area contributed by atoms with Crippen LogP contribution in [0.25, 0.3) is 6.08 Å². The molecule has 1 atom stereocenters. The van der Waals surface area contributed by atoms with E-state index in [0.29, 0.717) is 22.2 Å².